The normalized spacial score (nSPS) is 10.2. The van der Waals surface area contributed by atoms with Crippen LogP contribution in [0.15, 0.2) is 42.5 Å². The Balaban J connectivity index is 1.82. The number of amides is 3. The van der Waals surface area contributed by atoms with Gasteiger partial charge in [0.15, 0.2) is 6.61 Å². The van der Waals surface area contributed by atoms with Crippen molar-refractivity contribution in [2.75, 3.05) is 25.5 Å². The molecular formula is C18H17Cl2N3O4. The number of halogens is 2. The zero-order chi connectivity index (χ0) is 20.0. The summed E-state index contributed by atoms with van der Waals surface area (Å²) in [5.74, 6) is -0.930. The largest absolute Gasteiger partial charge is 0.484 e. The van der Waals surface area contributed by atoms with Crippen LogP contribution in [0.2, 0.25) is 10.0 Å². The molecule has 0 unspecified atom stereocenters. The van der Waals surface area contributed by atoms with E-state index in [0.717, 1.165) is 0 Å². The number of anilines is 1. The molecule has 0 saturated carbocycles. The van der Waals surface area contributed by atoms with Crippen LogP contribution >= 0.6 is 23.2 Å². The number of benzene rings is 2. The number of carbonyl (C=O) groups is 3. The molecule has 7 nitrogen and oxygen atoms in total. The summed E-state index contributed by atoms with van der Waals surface area (Å²) in [6.45, 7) is -0.421. The third kappa shape index (κ3) is 6.16. The average molecular weight is 410 g/mol. The number of hydrogen-bond acceptors (Lipinski definition) is 4. The second kappa shape index (κ2) is 9.25. The van der Waals surface area contributed by atoms with Crippen LogP contribution in [0, 0.1) is 0 Å². The highest BCUT2D eigenvalue weighted by Gasteiger charge is 2.14. The van der Waals surface area contributed by atoms with E-state index in [1.165, 1.54) is 42.3 Å². The van der Waals surface area contributed by atoms with Gasteiger partial charge in [0, 0.05) is 18.3 Å². The van der Waals surface area contributed by atoms with Crippen LogP contribution in [0.5, 0.6) is 5.75 Å². The first-order chi connectivity index (χ1) is 12.8. The highest BCUT2D eigenvalue weighted by atomic mass is 35.5. The number of nitrogens with one attached hydrogen (secondary N) is 1. The van der Waals surface area contributed by atoms with E-state index >= 15 is 0 Å². The van der Waals surface area contributed by atoms with Crippen molar-refractivity contribution in [2.24, 2.45) is 5.73 Å². The molecule has 0 aliphatic carbocycles. The van der Waals surface area contributed by atoms with Crippen LogP contribution < -0.4 is 15.8 Å². The van der Waals surface area contributed by atoms with E-state index in [2.05, 4.69) is 5.32 Å². The maximum atomic E-state index is 12.1. The molecule has 0 radical (unpaired) electrons. The van der Waals surface area contributed by atoms with Gasteiger partial charge in [0.2, 0.25) is 11.8 Å². The van der Waals surface area contributed by atoms with E-state index in [1.54, 1.807) is 12.1 Å². The smallest absolute Gasteiger partial charge is 0.260 e. The summed E-state index contributed by atoms with van der Waals surface area (Å²) in [5.41, 5.74) is 5.96. The van der Waals surface area contributed by atoms with Gasteiger partial charge in [0.05, 0.1) is 16.6 Å². The Bertz CT molecular complexity index is 856. The van der Waals surface area contributed by atoms with Gasteiger partial charge in [-0.25, -0.2) is 0 Å². The molecule has 2 aromatic rings. The van der Waals surface area contributed by atoms with Crippen LogP contribution in [0.4, 0.5) is 5.69 Å². The van der Waals surface area contributed by atoms with Gasteiger partial charge in [0.25, 0.3) is 5.91 Å². The Morgan fingerprint density at radius 1 is 1.07 bits per heavy atom. The molecule has 0 aliphatic rings. The highest BCUT2D eigenvalue weighted by Crippen LogP contribution is 2.24. The first kappa shape index (κ1) is 20.5. The molecule has 142 valence electrons. The van der Waals surface area contributed by atoms with Crippen molar-refractivity contribution in [2.45, 2.75) is 0 Å². The lowest BCUT2D eigenvalue weighted by atomic mass is 10.2. The summed E-state index contributed by atoms with van der Waals surface area (Å²) < 4.78 is 5.35. The van der Waals surface area contributed by atoms with Gasteiger partial charge >= 0.3 is 0 Å². The Morgan fingerprint density at radius 3 is 2.33 bits per heavy atom. The SMILES string of the molecule is CN(CC(=O)Nc1ccc(Cl)c(Cl)c1)C(=O)COc1ccc(C(N)=O)cc1. The minimum absolute atomic E-state index is 0.164. The molecule has 2 rings (SSSR count). The zero-order valence-electron chi connectivity index (χ0n) is 14.4. The zero-order valence-corrected chi connectivity index (χ0v) is 15.9. The predicted octanol–water partition coefficient (Wildman–Crippen LogP) is 2.57. The number of hydrogen-bond donors (Lipinski definition) is 2. The summed E-state index contributed by atoms with van der Waals surface area (Å²) in [4.78, 5) is 36.4. The quantitative estimate of drug-likeness (QED) is 0.733. The summed E-state index contributed by atoms with van der Waals surface area (Å²) in [5, 5.41) is 3.32. The molecule has 3 amide bonds. The fourth-order valence-corrected chi connectivity index (χ4v) is 2.35. The number of ether oxygens (including phenoxy) is 1. The molecule has 0 saturated heterocycles. The lowest BCUT2D eigenvalue weighted by Gasteiger charge is -2.17. The van der Waals surface area contributed by atoms with Crippen LogP contribution in [0.1, 0.15) is 10.4 Å². The number of nitrogens with two attached hydrogens (primary N) is 1. The van der Waals surface area contributed by atoms with E-state index in [0.29, 0.717) is 27.0 Å². The maximum Gasteiger partial charge on any atom is 0.260 e. The minimum atomic E-state index is -0.551. The molecule has 0 heterocycles. The molecule has 9 heteroatoms. The molecular weight excluding hydrogens is 393 g/mol. The topological polar surface area (TPSA) is 102 Å². The van der Waals surface area contributed by atoms with Gasteiger partial charge in [-0.1, -0.05) is 23.2 Å². The number of rotatable bonds is 7. The summed E-state index contributed by atoms with van der Waals surface area (Å²) in [6, 6.07) is 10.7. The van der Waals surface area contributed by atoms with Crippen LogP contribution in [-0.4, -0.2) is 42.8 Å². The third-order valence-corrected chi connectivity index (χ3v) is 4.25. The van der Waals surface area contributed by atoms with Crippen molar-refractivity contribution >= 4 is 46.6 Å². The van der Waals surface area contributed by atoms with Crippen LogP contribution in [0.25, 0.3) is 0 Å². The first-order valence-electron chi connectivity index (χ1n) is 7.78. The molecule has 0 spiro atoms. The summed E-state index contributed by atoms with van der Waals surface area (Å²) in [6.07, 6.45) is 0. The predicted molar refractivity (Wildman–Crippen MR) is 103 cm³/mol. The molecule has 27 heavy (non-hydrogen) atoms. The van der Waals surface area contributed by atoms with Crippen molar-refractivity contribution < 1.29 is 19.1 Å². The third-order valence-electron chi connectivity index (χ3n) is 3.51. The molecule has 0 aromatic heterocycles. The van der Waals surface area contributed by atoms with Crippen LogP contribution in [-0.2, 0) is 9.59 Å². The van der Waals surface area contributed by atoms with E-state index in [4.69, 9.17) is 33.7 Å². The Labute approximate surface area is 166 Å². The Kier molecular flexibility index (Phi) is 7.04. The summed E-state index contributed by atoms with van der Waals surface area (Å²) in [7, 11) is 1.48. The highest BCUT2D eigenvalue weighted by molar-refractivity contribution is 6.42. The van der Waals surface area contributed by atoms with Gasteiger partial charge in [-0.05, 0) is 42.5 Å². The standard InChI is InChI=1S/C18H17Cl2N3O4/c1-23(9-16(24)22-12-4-7-14(19)15(20)8-12)17(25)10-27-13-5-2-11(3-6-13)18(21)26/h2-8H,9-10H2,1H3,(H2,21,26)(H,22,24). The second-order valence-corrected chi connectivity index (χ2v) is 6.42. The Hall–Kier alpha value is -2.77. The number of nitrogens with zero attached hydrogens (tertiary/aromatic N) is 1. The lowest BCUT2D eigenvalue weighted by Crippen LogP contribution is -2.37. The van der Waals surface area contributed by atoms with Gasteiger partial charge in [-0.15, -0.1) is 0 Å². The van der Waals surface area contributed by atoms with Crippen molar-refractivity contribution in [1.29, 1.82) is 0 Å². The monoisotopic (exact) mass is 409 g/mol. The molecule has 0 aliphatic heterocycles. The molecule has 2 aromatic carbocycles. The fraction of sp³-hybridized carbons (Fsp3) is 0.167. The van der Waals surface area contributed by atoms with Crippen molar-refractivity contribution in [3.05, 3.63) is 58.1 Å². The van der Waals surface area contributed by atoms with Gasteiger partial charge in [-0.2, -0.15) is 0 Å². The van der Waals surface area contributed by atoms with E-state index < -0.39 is 17.7 Å². The van der Waals surface area contributed by atoms with Gasteiger partial charge in [0.1, 0.15) is 5.75 Å². The molecule has 0 atom stereocenters. The van der Waals surface area contributed by atoms with Gasteiger partial charge < -0.3 is 20.7 Å². The average Bonchev–Trinajstić information content (AvgIpc) is 2.63. The number of likely N-dealkylation sites (N-methyl/N-ethyl adjacent to an activating group) is 1. The molecule has 0 bridgehead atoms. The fourth-order valence-electron chi connectivity index (χ4n) is 2.05. The molecule has 0 fully saturated rings. The van der Waals surface area contributed by atoms with Crippen molar-refractivity contribution in [3.63, 3.8) is 0 Å². The lowest BCUT2D eigenvalue weighted by molar-refractivity contribution is -0.135. The van der Waals surface area contributed by atoms with E-state index in [9.17, 15) is 14.4 Å². The van der Waals surface area contributed by atoms with E-state index in [1.807, 2.05) is 0 Å². The number of carbonyl (C=O) groups excluding carboxylic acids is 3. The number of primary amides is 1. The first-order valence-corrected chi connectivity index (χ1v) is 8.53. The van der Waals surface area contributed by atoms with Crippen LogP contribution in [0.3, 0.4) is 0 Å². The minimum Gasteiger partial charge on any atom is -0.484 e. The molecule has 3 N–H and O–H groups in total. The second-order valence-electron chi connectivity index (χ2n) is 5.60. The maximum absolute atomic E-state index is 12.1. The van der Waals surface area contributed by atoms with Crippen molar-refractivity contribution in [3.8, 4) is 5.75 Å². The Morgan fingerprint density at radius 2 is 1.74 bits per heavy atom. The summed E-state index contributed by atoms with van der Waals surface area (Å²) >= 11 is 11.7. The van der Waals surface area contributed by atoms with E-state index in [-0.39, 0.29) is 13.2 Å². The van der Waals surface area contributed by atoms with Gasteiger partial charge in [-0.3, -0.25) is 14.4 Å². The van der Waals surface area contributed by atoms with Crippen molar-refractivity contribution in [1.82, 2.24) is 4.90 Å².